The maximum atomic E-state index is 5.98. The van der Waals surface area contributed by atoms with E-state index in [4.69, 9.17) is 11.5 Å². The number of hydrogen-bond acceptors (Lipinski definition) is 6. The summed E-state index contributed by atoms with van der Waals surface area (Å²) in [5.41, 5.74) is 14.3. The molecule has 4 N–H and O–H groups in total. The molecule has 0 unspecified atom stereocenters. The van der Waals surface area contributed by atoms with Crippen LogP contribution in [-0.4, -0.2) is 34.3 Å². The van der Waals surface area contributed by atoms with Gasteiger partial charge in [0.05, 0.1) is 5.69 Å². The summed E-state index contributed by atoms with van der Waals surface area (Å²) in [4.78, 5) is 12.7. The van der Waals surface area contributed by atoms with Gasteiger partial charge in [-0.05, 0) is 44.7 Å². The van der Waals surface area contributed by atoms with Crippen molar-refractivity contribution in [2.45, 2.75) is 54.7 Å². The molecule has 0 amide bonds. The lowest BCUT2D eigenvalue weighted by atomic mass is 9.78. The van der Waals surface area contributed by atoms with E-state index in [1.807, 2.05) is 11.8 Å². The van der Waals surface area contributed by atoms with Crippen LogP contribution in [0.15, 0.2) is 35.2 Å². The van der Waals surface area contributed by atoms with E-state index >= 15 is 0 Å². The quantitative estimate of drug-likeness (QED) is 0.740. The third-order valence-electron chi connectivity index (χ3n) is 5.40. The van der Waals surface area contributed by atoms with Crippen molar-refractivity contribution in [2.24, 2.45) is 5.73 Å². The normalized spacial score (nSPS) is 22.0. The Bertz CT molecular complexity index is 777. The largest absolute Gasteiger partial charge is 0.368 e. The lowest BCUT2D eigenvalue weighted by Gasteiger charge is -2.35. The van der Waals surface area contributed by atoms with Crippen molar-refractivity contribution in [2.75, 3.05) is 23.7 Å². The zero-order valence-electron chi connectivity index (χ0n) is 16.1. The zero-order valence-corrected chi connectivity index (χ0v) is 18.5. The average molecular weight is 442 g/mol. The molecule has 1 aromatic heterocycles. The molecule has 2 aromatic rings. The van der Waals surface area contributed by atoms with Crippen molar-refractivity contribution in [1.82, 2.24) is 9.97 Å². The number of hydrogen-bond donors (Lipinski definition) is 2. The maximum absolute atomic E-state index is 5.98. The molecule has 0 radical (unpaired) electrons. The summed E-state index contributed by atoms with van der Waals surface area (Å²) in [6.45, 7) is 4.19. The Hall–Kier alpha value is -1.21. The van der Waals surface area contributed by atoms with Crippen molar-refractivity contribution in [3.63, 3.8) is 0 Å². The van der Waals surface area contributed by atoms with E-state index in [0.717, 1.165) is 50.3 Å². The van der Waals surface area contributed by atoms with Gasteiger partial charge in [-0.15, -0.1) is 36.6 Å². The number of benzene rings is 1. The molecule has 1 aromatic carbocycles. The number of halogens is 2. The number of aryl methyl sites for hydroxylation is 1. The van der Waals surface area contributed by atoms with E-state index in [1.54, 1.807) is 0 Å². The van der Waals surface area contributed by atoms with E-state index in [2.05, 4.69) is 52.1 Å². The van der Waals surface area contributed by atoms with Crippen LogP contribution in [0, 0.1) is 6.92 Å². The highest BCUT2D eigenvalue weighted by Crippen LogP contribution is 2.37. The number of piperidine rings is 1. The van der Waals surface area contributed by atoms with Crippen LogP contribution < -0.4 is 16.4 Å². The van der Waals surface area contributed by atoms with Crippen LogP contribution in [0.5, 0.6) is 0 Å². The summed E-state index contributed by atoms with van der Waals surface area (Å²) in [7, 11) is 0. The van der Waals surface area contributed by atoms with Crippen LogP contribution in [0.3, 0.4) is 0 Å². The number of rotatable bonds is 4. The number of anilines is 2. The van der Waals surface area contributed by atoms with Crippen LogP contribution >= 0.6 is 36.6 Å². The van der Waals surface area contributed by atoms with E-state index in [1.165, 1.54) is 10.5 Å². The van der Waals surface area contributed by atoms with Crippen LogP contribution in [-0.2, 0) is 0 Å². The Morgan fingerprint density at radius 2 is 1.79 bits per heavy atom. The fourth-order valence-electron chi connectivity index (χ4n) is 3.83. The minimum Gasteiger partial charge on any atom is -0.368 e. The fraction of sp³-hybridized carbons (Fsp3) is 0.500. The third kappa shape index (κ3) is 5.44. The smallest absolute Gasteiger partial charge is 0.222 e. The van der Waals surface area contributed by atoms with Gasteiger partial charge in [0.15, 0.2) is 0 Å². The second-order valence-electron chi connectivity index (χ2n) is 7.56. The lowest BCUT2D eigenvalue weighted by Crippen LogP contribution is -2.37. The van der Waals surface area contributed by atoms with Crippen LogP contribution in [0.4, 0.5) is 11.8 Å². The molecule has 154 valence electrons. The molecule has 0 spiro atoms. The van der Waals surface area contributed by atoms with Gasteiger partial charge in [0.2, 0.25) is 5.95 Å². The highest BCUT2D eigenvalue weighted by Gasteiger charge is 2.30. The van der Waals surface area contributed by atoms with Gasteiger partial charge in [-0.1, -0.05) is 17.7 Å². The van der Waals surface area contributed by atoms with Crippen molar-refractivity contribution < 1.29 is 0 Å². The van der Waals surface area contributed by atoms with Gasteiger partial charge in [0, 0.05) is 41.3 Å². The van der Waals surface area contributed by atoms with Crippen LogP contribution in [0.1, 0.15) is 42.9 Å². The van der Waals surface area contributed by atoms with Gasteiger partial charge in [0.1, 0.15) is 5.82 Å². The molecule has 28 heavy (non-hydrogen) atoms. The topological polar surface area (TPSA) is 81.1 Å². The fourth-order valence-corrected chi connectivity index (χ4v) is 5.07. The lowest BCUT2D eigenvalue weighted by molar-refractivity contribution is 0.345. The average Bonchev–Trinajstić information content (AvgIpc) is 2.59. The molecule has 1 aliphatic heterocycles. The molecular weight excluding hydrogens is 413 g/mol. The van der Waals surface area contributed by atoms with E-state index < -0.39 is 0 Å². The second-order valence-corrected chi connectivity index (χ2v) is 8.93. The van der Waals surface area contributed by atoms with Gasteiger partial charge in [-0.3, -0.25) is 0 Å². The summed E-state index contributed by atoms with van der Waals surface area (Å²) in [6, 6.07) is 11.2. The van der Waals surface area contributed by atoms with Crippen molar-refractivity contribution in [3.8, 4) is 0 Å². The van der Waals surface area contributed by atoms with Gasteiger partial charge >= 0.3 is 0 Å². The summed E-state index contributed by atoms with van der Waals surface area (Å²) in [5, 5.41) is 0.663. The Balaban J connectivity index is 0.00000140. The first-order chi connectivity index (χ1) is 12.6. The number of nitrogens with zero attached hydrogens (tertiary/aromatic N) is 3. The summed E-state index contributed by atoms with van der Waals surface area (Å²) in [5.74, 6) is 1.81. The summed E-state index contributed by atoms with van der Waals surface area (Å²) >= 11 is 2.00. The summed E-state index contributed by atoms with van der Waals surface area (Å²) < 4.78 is 0. The van der Waals surface area contributed by atoms with E-state index in [-0.39, 0.29) is 24.8 Å². The molecule has 2 heterocycles. The number of thioether (sulfide) groups is 1. The molecule has 1 saturated carbocycles. The molecular formula is C20H29Cl2N5S. The highest BCUT2D eigenvalue weighted by atomic mass is 35.5. The minimum atomic E-state index is 0. The first-order valence-electron chi connectivity index (χ1n) is 9.45. The third-order valence-corrected chi connectivity index (χ3v) is 6.73. The van der Waals surface area contributed by atoms with Crippen molar-refractivity contribution in [1.29, 1.82) is 0 Å². The van der Waals surface area contributed by atoms with Gasteiger partial charge in [0.25, 0.3) is 0 Å². The molecule has 2 fully saturated rings. The maximum Gasteiger partial charge on any atom is 0.222 e. The molecule has 4 rings (SSSR count). The van der Waals surface area contributed by atoms with Gasteiger partial charge < -0.3 is 16.4 Å². The highest BCUT2D eigenvalue weighted by molar-refractivity contribution is 8.00. The number of nitrogens with two attached hydrogens (primary N) is 2. The predicted octanol–water partition coefficient (Wildman–Crippen LogP) is 4.18. The Kier molecular flexibility index (Phi) is 8.25. The number of aromatic nitrogens is 2. The molecule has 1 saturated heterocycles. The van der Waals surface area contributed by atoms with E-state index in [0.29, 0.717) is 23.2 Å². The first kappa shape index (κ1) is 23.1. The van der Waals surface area contributed by atoms with Crippen LogP contribution in [0.2, 0.25) is 0 Å². The number of nitrogen functional groups attached to an aromatic ring is 1. The molecule has 0 bridgehead atoms. The minimum absolute atomic E-state index is 0. The van der Waals surface area contributed by atoms with Crippen molar-refractivity contribution in [3.05, 3.63) is 41.6 Å². The molecule has 1 aliphatic carbocycles. The van der Waals surface area contributed by atoms with Gasteiger partial charge in [-0.2, -0.15) is 4.98 Å². The Morgan fingerprint density at radius 1 is 1.07 bits per heavy atom. The Labute approximate surface area is 183 Å². The molecule has 0 atom stereocenters. The second kappa shape index (κ2) is 10.0. The molecule has 5 nitrogen and oxygen atoms in total. The monoisotopic (exact) mass is 441 g/mol. The van der Waals surface area contributed by atoms with Gasteiger partial charge in [-0.25, -0.2) is 4.98 Å². The van der Waals surface area contributed by atoms with Crippen LogP contribution in [0.25, 0.3) is 0 Å². The Morgan fingerprint density at radius 3 is 2.43 bits per heavy atom. The molecule has 8 heteroatoms. The standard InChI is InChI=1S/C20H27N5S.2ClH/c1-13-3-2-4-17(9-13)26-16-5-7-25(8-6-16)19-12-18(23-20(22)24-19)14-10-15(21)11-14;;/h2-4,9,12,14-16H,5-8,10-11,21H2,1H3,(H2,22,23,24);2*1H. The SMILES string of the molecule is Cc1cccc(SC2CCN(c3cc(C4CC(N)C4)nc(N)n3)CC2)c1.Cl.Cl. The molecule has 2 aliphatic rings. The zero-order chi connectivity index (χ0) is 18.1. The summed E-state index contributed by atoms with van der Waals surface area (Å²) in [6.07, 6.45) is 4.33. The van der Waals surface area contributed by atoms with Crippen molar-refractivity contribution >= 4 is 48.3 Å². The first-order valence-corrected chi connectivity index (χ1v) is 10.3. The van der Waals surface area contributed by atoms with E-state index in [9.17, 15) is 0 Å². The predicted molar refractivity (Wildman–Crippen MR) is 123 cm³/mol.